The van der Waals surface area contributed by atoms with E-state index in [1.807, 2.05) is 11.6 Å². The number of halogens is 1. The third-order valence-electron chi connectivity index (χ3n) is 2.56. The van der Waals surface area contributed by atoms with Gasteiger partial charge in [0, 0.05) is 22.5 Å². The quantitative estimate of drug-likeness (QED) is 0.928. The normalized spacial score (nSPS) is 17.6. The molecule has 3 rings (SSSR count). The lowest BCUT2D eigenvalue weighted by molar-refractivity contribution is 0.606. The van der Waals surface area contributed by atoms with Crippen LogP contribution in [0.15, 0.2) is 27.5 Å². The van der Waals surface area contributed by atoms with Crippen molar-refractivity contribution in [3.63, 3.8) is 0 Å². The number of hydrogen-bond acceptors (Lipinski definition) is 4. The summed E-state index contributed by atoms with van der Waals surface area (Å²) < 4.78 is 1.18. The van der Waals surface area contributed by atoms with Gasteiger partial charge in [-0.05, 0) is 40.9 Å². The molecule has 1 saturated carbocycles. The van der Waals surface area contributed by atoms with Crippen LogP contribution in [0.1, 0.15) is 28.8 Å². The molecule has 1 aliphatic rings. The molecule has 1 unspecified atom stereocenters. The fourth-order valence-electron chi connectivity index (χ4n) is 1.62. The zero-order valence-electron chi connectivity index (χ0n) is 8.52. The first-order chi connectivity index (χ1) is 7.83. The molecule has 0 spiro atoms. The molecule has 2 aromatic heterocycles. The Morgan fingerprint density at radius 3 is 2.88 bits per heavy atom. The van der Waals surface area contributed by atoms with E-state index in [4.69, 9.17) is 0 Å². The van der Waals surface area contributed by atoms with Crippen LogP contribution in [-0.2, 0) is 0 Å². The molecule has 1 aliphatic carbocycles. The van der Waals surface area contributed by atoms with Gasteiger partial charge in [0.15, 0.2) is 0 Å². The summed E-state index contributed by atoms with van der Waals surface area (Å²) in [5, 5.41) is 6.87. The van der Waals surface area contributed by atoms with Crippen molar-refractivity contribution in [3.05, 3.63) is 37.4 Å². The van der Waals surface area contributed by atoms with E-state index < -0.39 is 0 Å². The fraction of sp³-hybridized carbons (Fsp3) is 0.364. The molecule has 0 aromatic carbocycles. The monoisotopic (exact) mass is 314 g/mol. The second-order valence-corrected chi connectivity index (χ2v) is 7.31. The Labute approximate surface area is 111 Å². The standard InChI is InChI=1S/C11H11BrN2S2/c12-9-4-3-8(16-9)10(14-7-1-2-7)11-13-5-6-15-11/h3-7,10,14H,1-2H2. The van der Waals surface area contributed by atoms with Gasteiger partial charge in [-0.25, -0.2) is 4.98 Å². The molecule has 1 fully saturated rings. The van der Waals surface area contributed by atoms with Crippen LogP contribution < -0.4 is 5.32 Å². The van der Waals surface area contributed by atoms with E-state index in [1.54, 1.807) is 22.7 Å². The van der Waals surface area contributed by atoms with Crippen LogP contribution in [0.2, 0.25) is 0 Å². The van der Waals surface area contributed by atoms with Crippen molar-refractivity contribution >= 4 is 38.6 Å². The van der Waals surface area contributed by atoms with Crippen LogP contribution in [0.5, 0.6) is 0 Å². The van der Waals surface area contributed by atoms with Gasteiger partial charge < -0.3 is 5.32 Å². The van der Waals surface area contributed by atoms with Crippen molar-refractivity contribution in [2.45, 2.75) is 24.9 Å². The Bertz CT molecular complexity index is 462. The first-order valence-corrected chi connectivity index (χ1v) is 7.72. The molecule has 16 heavy (non-hydrogen) atoms. The predicted octanol–water partition coefficient (Wildman–Crippen LogP) is 3.81. The number of aromatic nitrogens is 1. The molecule has 1 N–H and O–H groups in total. The Balaban J connectivity index is 1.88. The average Bonchev–Trinajstić information content (AvgIpc) is 2.79. The topological polar surface area (TPSA) is 24.9 Å². The summed E-state index contributed by atoms with van der Waals surface area (Å²) in [4.78, 5) is 5.77. The molecule has 0 saturated heterocycles. The third kappa shape index (κ3) is 2.37. The van der Waals surface area contributed by atoms with Crippen molar-refractivity contribution in [1.82, 2.24) is 10.3 Å². The average molecular weight is 315 g/mol. The second kappa shape index (κ2) is 4.56. The van der Waals surface area contributed by atoms with Gasteiger partial charge in [0.25, 0.3) is 0 Å². The third-order valence-corrected chi connectivity index (χ3v) is 5.09. The maximum Gasteiger partial charge on any atom is 0.115 e. The minimum absolute atomic E-state index is 0.281. The predicted molar refractivity (Wildman–Crippen MR) is 72.1 cm³/mol. The molecular weight excluding hydrogens is 304 g/mol. The maximum absolute atomic E-state index is 4.43. The zero-order chi connectivity index (χ0) is 11.0. The highest BCUT2D eigenvalue weighted by molar-refractivity contribution is 9.11. The summed E-state index contributed by atoms with van der Waals surface area (Å²) in [6, 6.07) is 5.25. The van der Waals surface area contributed by atoms with Gasteiger partial charge in [-0.2, -0.15) is 0 Å². The molecule has 5 heteroatoms. The van der Waals surface area contributed by atoms with Crippen LogP contribution in [0, 0.1) is 0 Å². The van der Waals surface area contributed by atoms with Crippen LogP contribution >= 0.6 is 38.6 Å². The van der Waals surface area contributed by atoms with E-state index in [0.717, 1.165) is 0 Å². The second-order valence-electron chi connectivity index (χ2n) is 3.89. The van der Waals surface area contributed by atoms with Gasteiger partial charge in [-0.3, -0.25) is 0 Å². The highest BCUT2D eigenvalue weighted by Crippen LogP contribution is 2.34. The van der Waals surface area contributed by atoms with Gasteiger partial charge in [0.2, 0.25) is 0 Å². The van der Waals surface area contributed by atoms with Crippen molar-refractivity contribution in [2.24, 2.45) is 0 Å². The Morgan fingerprint density at radius 1 is 1.44 bits per heavy atom. The minimum atomic E-state index is 0.281. The van der Waals surface area contributed by atoms with Gasteiger partial charge >= 0.3 is 0 Å². The summed E-state index contributed by atoms with van der Waals surface area (Å²) in [6.45, 7) is 0. The molecule has 1 atom stereocenters. The first-order valence-electron chi connectivity index (χ1n) is 5.23. The molecule has 0 amide bonds. The maximum atomic E-state index is 4.43. The smallest absolute Gasteiger partial charge is 0.115 e. The van der Waals surface area contributed by atoms with Gasteiger partial charge in [-0.15, -0.1) is 22.7 Å². The van der Waals surface area contributed by atoms with Crippen LogP contribution in [0.3, 0.4) is 0 Å². The van der Waals surface area contributed by atoms with Crippen LogP contribution in [0.4, 0.5) is 0 Å². The number of rotatable bonds is 4. The van der Waals surface area contributed by atoms with Crippen molar-refractivity contribution in [1.29, 1.82) is 0 Å². The highest BCUT2D eigenvalue weighted by atomic mass is 79.9. The van der Waals surface area contributed by atoms with E-state index in [-0.39, 0.29) is 6.04 Å². The summed E-state index contributed by atoms with van der Waals surface area (Å²) >= 11 is 7.03. The summed E-state index contributed by atoms with van der Waals surface area (Å²) in [5.74, 6) is 0. The van der Waals surface area contributed by atoms with Crippen molar-refractivity contribution in [3.8, 4) is 0 Å². The first kappa shape index (κ1) is 10.9. The van der Waals surface area contributed by atoms with E-state index >= 15 is 0 Å². The Morgan fingerprint density at radius 2 is 2.31 bits per heavy atom. The lowest BCUT2D eigenvalue weighted by Crippen LogP contribution is -2.23. The Hall–Kier alpha value is -0.230. The fourth-order valence-corrected chi connectivity index (χ4v) is 3.90. The SMILES string of the molecule is Brc1ccc(C(NC2CC2)c2nccs2)s1. The van der Waals surface area contributed by atoms with Crippen molar-refractivity contribution in [2.75, 3.05) is 0 Å². The lowest BCUT2D eigenvalue weighted by atomic mass is 10.2. The summed E-state index contributed by atoms with van der Waals surface area (Å²) in [6.07, 6.45) is 4.48. The van der Waals surface area contributed by atoms with Gasteiger partial charge in [0.05, 0.1) is 9.83 Å². The number of nitrogens with one attached hydrogen (secondary N) is 1. The molecule has 84 valence electrons. The number of nitrogens with zero attached hydrogens (tertiary/aromatic N) is 1. The van der Waals surface area contributed by atoms with Gasteiger partial charge in [-0.1, -0.05) is 0 Å². The number of thiazole rings is 1. The Kier molecular flexibility index (Phi) is 3.11. The zero-order valence-corrected chi connectivity index (χ0v) is 11.7. The molecule has 0 aliphatic heterocycles. The number of thiophene rings is 1. The molecule has 2 aromatic rings. The molecule has 2 heterocycles. The van der Waals surface area contributed by atoms with Crippen LogP contribution in [-0.4, -0.2) is 11.0 Å². The van der Waals surface area contributed by atoms with Crippen LogP contribution in [0.25, 0.3) is 0 Å². The molecular formula is C11H11BrN2S2. The summed E-state index contributed by atoms with van der Waals surface area (Å²) in [5.41, 5.74) is 0. The highest BCUT2D eigenvalue weighted by Gasteiger charge is 2.28. The van der Waals surface area contributed by atoms with E-state index in [1.165, 1.54) is 26.5 Å². The van der Waals surface area contributed by atoms with Crippen molar-refractivity contribution < 1.29 is 0 Å². The minimum Gasteiger partial charge on any atom is -0.301 e. The molecule has 2 nitrogen and oxygen atoms in total. The largest absolute Gasteiger partial charge is 0.301 e. The molecule has 0 bridgehead atoms. The van der Waals surface area contributed by atoms with Gasteiger partial charge in [0.1, 0.15) is 5.01 Å². The van der Waals surface area contributed by atoms with E-state index in [9.17, 15) is 0 Å². The molecule has 0 radical (unpaired) electrons. The summed E-state index contributed by atoms with van der Waals surface area (Å²) in [7, 11) is 0. The van der Waals surface area contributed by atoms with E-state index in [2.05, 4.69) is 38.4 Å². The number of hydrogen-bond donors (Lipinski definition) is 1. The lowest BCUT2D eigenvalue weighted by Gasteiger charge is -2.14. The van der Waals surface area contributed by atoms with E-state index in [0.29, 0.717) is 6.04 Å².